The number of benzene rings is 2. The van der Waals surface area contributed by atoms with Gasteiger partial charge in [0.1, 0.15) is 11.6 Å². The van der Waals surface area contributed by atoms with E-state index in [2.05, 4.69) is 31.5 Å². The number of nitrogens with zero attached hydrogens (tertiary/aromatic N) is 5. The lowest BCUT2D eigenvalue weighted by atomic mass is 10.2. The number of urea groups is 1. The van der Waals surface area contributed by atoms with E-state index in [0.29, 0.717) is 32.1 Å². The minimum absolute atomic E-state index is 0.105. The molecule has 2 N–H and O–H groups in total. The number of nitrogens with one attached hydrogen (secondary N) is 2. The second kappa shape index (κ2) is 12.0. The third-order valence-corrected chi connectivity index (χ3v) is 6.51. The molecule has 2 saturated heterocycles. The first kappa shape index (κ1) is 25.6. The molecule has 0 spiro atoms. The van der Waals surface area contributed by atoms with E-state index in [1.807, 2.05) is 67.3 Å². The van der Waals surface area contributed by atoms with Crippen LogP contribution in [0.2, 0.25) is 0 Å². The molecule has 200 valence electrons. The van der Waals surface area contributed by atoms with Gasteiger partial charge in [-0.05, 0) is 56.3 Å². The lowest BCUT2D eigenvalue weighted by molar-refractivity contribution is 0.123. The summed E-state index contributed by atoms with van der Waals surface area (Å²) in [5.41, 5.74) is 2.83. The van der Waals surface area contributed by atoms with Crippen molar-refractivity contribution in [1.29, 1.82) is 0 Å². The van der Waals surface area contributed by atoms with E-state index in [-0.39, 0.29) is 12.1 Å². The Morgan fingerprint density at radius 3 is 2.39 bits per heavy atom. The number of ether oxygens (including phenoxy) is 2. The third kappa shape index (κ3) is 6.44. The maximum atomic E-state index is 12.8. The van der Waals surface area contributed by atoms with Crippen molar-refractivity contribution in [3.63, 3.8) is 0 Å². The molecule has 0 aliphatic carbocycles. The van der Waals surface area contributed by atoms with Crippen LogP contribution < -0.4 is 25.2 Å². The normalized spacial score (nSPS) is 15.9. The van der Waals surface area contributed by atoms with E-state index >= 15 is 0 Å². The summed E-state index contributed by atoms with van der Waals surface area (Å²) in [5.74, 6) is 2.18. The summed E-state index contributed by atoms with van der Waals surface area (Å²) in [6, 6.07) is 17.5. The second-order valence-corrected chi connectivity index (χ2v) is 9.58. The van der Waals surface area contributed by atoms with Crippen LogP contribution in [0.3, 0.4) is 0 Å². The van der Waals surface area contributed by atoms with Gasteiger partial charge in [-0.3, -0.25) is 0 Å². The quantitative estimate of drug-likeness (QED) is 0.482. The third-order valence-electron chi connectivity index (χ3n) is 6.51. The average molecular weight is 518 g/mol. The maximum Gasteiger partial charge on any atom is 0.321 e. The van der Waals surface area contributed by atoms with Gasteiger partial charge in [-0.1, -0.05) is 12.1 Å². The van der Waals surface area contributed by atoms with Crippen molar-refractivity contribution in [2.45, 2.75) is 20.0 Å². The molecule has 2 amide bonds. The van der Waals surface area contributed by atoms with Crippen molar-refractivity contribution in [3.8, 4) is 5.75 Å². The summed E-state index contributed by atoms with van der Waals surface area (Å²) in [6.45, 7) is 9.73. The van der Waals surface area contributed by atoms with E-state index in [9.17, 15) is 4.79 Å². The van der Waals surface area contributed by atoms with Gasteiger partial charge >= 0.3 is 6.03 Å². The Morgan fingerprint density at radius 2 is 1.66 bits per heavy atom. The molecule has 2 aliphatic heterocycles. The number of rotatable bonds is 7. The topological polar surface area (TPSA) is 95.1 Å². The number of hydrogen-bond acceptors (Lipinski definition) is 8. The van der Waals surface area contributed by atoms with E-state index in [4.69, 9.17) is 14.5 Å². The number of carbonyl (C=O) groups is 1. The summed E-state index contributed by atoms with van der Waals surface area (Å²) >= 11 is 0. The molecule has 1 aromatic heterocycles. The molecule has 0 saturated carbocycles. The number of amides is 2. The zero-order valence-corrected chi connectivity index (χ0v) is 22.0. The number of morpholine rings is 1. The van der Waals surface area contributed by atoms with Crippen LogP contribution in [-0.2, 0) is 4.74 Å². The van der Waals surface area contributed by atoms with Gasteiger partial charge in [-0.25, -0.2) is 9.78 Å². The molecule has 0 unspecified atom stereocenters. The van der Waals surface area contributed by atoms with Crippen molar-refractivity contribution in [1.82, 2.24) is 14.9 Å². The fourth-order valence-corrected chi connectivity index (χ4v) is 4.60. The molecule has 38 heavy (non-hydrogen) atoms. The minimum atomic E-state index is -0.105. The number of anilines is 5. The highest BCUT2D eigenvalue weighted by Gasteiger charge is 2.23. The lowest BCUT2D eigenvalue weighted by Crippen LogP contribution is -2.50. The number of hydrogen-bond donors (Lipinski definition) is 2. The SMILES string of the molecule is CC(C)Oc1ccc(NC(=O)N2CCN(c3ccnc(Nc4ccccc4N4CCOCC4)n3)CC2)cc1. The fraction of sp³-hybridized carbons (Fsp3) is 0.393. The van der Waals surface area contributed by atoms with E-state index in [1.54, 1.807) is 6.20 Å². The zero-order chi connectivity index (χ0) is 26.3. The van der Waals surface area contributed by atoms with Crippen molar-refractivity contribution in [2.24, 2.45) is 0 Å². The smallest absolute Gasteiger partial charge is 0.321 e. The van der Waals surface area contributed by atoms with Gasteiger partial charge in [0.25, 0.3) is 0 Å². The van der Waals surface area contributed by atoms with Crippen LogP contribution >= 0.6 is 0 Å². The van der Waals surface area contributed by atoms with Crippen LogP contribution in [0.5, 0.6) is 5.75 Å². The largest absolute Gasteiger partial charge is 0.491 e. The molecule has 5 rings (SSSR count). The Bertz CT molecular complexity index is 1210. The Labute approximate surface area is 223 Å². The van der Waals surface area contributed by atoms with Crippen LogP contribution in [0.25, 0.3) is 0 Å². The Morgan fingerprint density at radius 1 is 0.921 bits per heavy atom. The zero-order valence-electron chi connectivity index (χ0n) is 22.0. The predicted molar refractivity (Wildman–Crippen MR) is 150 cm³/mol. The van der Waals surface area contributed by atoms with Crippen LogP contribution in [0.15, 0.2) is 60.8 Å². The first-order valence-electron chi connectivity index (χ1n) is 13.1. The van der Waals surface area contributed by atoms with Crippen LogP contribution in [-0.4, -0.2) is 79.5 Å². The molecule has 2 aliphatic rings. The second-order valence-electron chi connectivity index (χ2n) is 9.58. The number of piperazine rings is 1. The molecule has 0 bridgehead atoms. The average Bonchev–Trinajstić information content (AvgIpc) is 2.95. The van der Waals surface area contributed by atoms with Gasteiger partial charge in [0, 0.05) is 51.2 Å². The van der Waals surface area contributed by atoms with Crippen molar-refractivity contribution in [2.75, 3.05) is 72.9 Å². The predicted octanol–water partition coefficient (Wildman–Crippen LogP) is 4.20. The molecule has 0 atom stereocenters. The van der Waals surface area contributed by atoms with Gasteiger partial charge < -0.3 is 34.8 Å². The molecule has 10 heteroatoms. The standard InChI is InChI=1S/C28H35N7O3/c1-21(2)38-23-9-7-22(8-10-23)30-28(36)35-15-13-34(14-16-35)26-11-12-29-27(32-26)31-24-5-3-4-6-25(24)33-17-19-37-20-18-33/h3-12,21H,13-20H2,1-2H3,(H,30,36)(H,29,31,32). The first-order valence-corrected chi connectivity index (χ1v) is 13.1. The van der Waals surface area contributed by atoms with E-state index in [0.717, 1.165) is 54.9 Å². The summed E-state index contributed by atoms with van der Waals surface area (Å²) in [5, 5.41) is 6.38. The fourth-order valence-electron chi connectivity index (χ4n) is 4.60. The highest BCUT2D eigenvalue weighted by Crippen LogP contribution is 2.29. The van der Waals surface area contributed by atoms with E-state index in [1.165, 1.54) is 0 Å². The summed E-state index contributed by atoms with van der Waals surface area (Å²) in [4.78, 5) is 28.4. The summed E-state index contributed by atoms with van der Waals surface area (Å²) < 4.78 is 11.2. The molecule has 3 aromatic rings. The number of aromatic nitrogens is 2. The molecular formula is C28H35N7O3. The molecule has 2 aromatic carbocycles. The van der Waals surface area contributed by atoms with Gasteiger partial charge in [0.15, 0.2) is 0 Å². The highest BCUT2D eigenvalue weighted by molar-refractivity contribution is 5.89. The van der Waals surface area contributed by atoms with Crippen LogP contribution in [0.4, 0.5) is 33.6 Å². The number of carbonyl (C=O) groups excluding carboxylic acids is 1. The van der Waals surface area contributed by atoms with Gasteiger partial charge in [-0.2, -0.15) is 4.98 Å². The van der Waals surface area contributed by atoms with Gasteiger partial charge in [-0.15, -0.1) is 0 Å². The minimum Gasteiger partial charge on any atom is -0.491 e. The molecular weight excluding hydrogens is 482 g/mol. The lowest BCUT2D eigenvalue weighted by Gasteiger charge is -2.35. The molecule has 3 heterocycles. The maximum absolute atomic E-state index is 12.8. The highest BCUT2D eigenvalue weighted by atomic mass is 16.5. The van der Waals surface area contributed by atoms with Crippen LogP contribution in [0, 0.1) is 0 Å². The number of para-hydroxylation sites is 2. The van der Waals surface area contributed by atoms with Gasteiger partial charge in [0.2, 0.25) is 5.95 Å². The molecule has 0 radical (unpaired) electrons. The van der Waals surface area contributed by atoms with Gasteiger partial charge in [0.05, 0.1) is 30.7 Å². The Balaban J connectivity index is 1.17. The molecule has 2 fully saturated rings. The van der Waals surface area contributed by atoms with Crippen molar-refractivity contribution < 1.29 is 14.3 Å². The van der Waals surface area contributed by atoms with Crippen molar-refractivity contribution in [3.05, 3.63) is 60.8 Å². The monoisotopic (exact) mass is 517 g/mol. The Kier molecular flexibility index (Phi) is 8.08. The molecule has 10 nitrogen and oxygen atoms in total. The first-order chi connectivity index (χ1) is 18.5. The van der Waals surface area contributed by atoms with Crippen LogP contribution in [0.1, 0.15) is 13.8 Å². The van der Waals surface area contributed by atoms with E-state index < -0.39 is 0 Å². The summed E-state index contributed by atoms with van der Waals surface area (Å²) in [7, 11) is 0. The van der Waals surface area contributed by atoms with Crippen molar-refractivity contribution >= 4 is 34.9 Å². The Hall–Kier alpha value is -4.05. The summed E-state index contributed by atoms with van der Waals surface area (Å²) in [6.07, 6.45) is 1.88.